The summed E-state index contributed by atoms with van der Waals surface area (Å²) in [6.07, 6.45) is 1.63. The van der Waals surface area contributed by atoms with E-state index < -0.39 is 11.7 Å². The summed E-state index contributed by atoms with van der Waals surface area (Å²) < 4.78 is 11.0. The van der Waals surface area contributed by atoms with Crippen LogP contribution in [0.2, 0.25) is 0 Å². The summed E-state index contributed by atoms with van der Waals surface area (Å²) in [5.41, 5.74) is 2.25. The lowest BCUT2D eigenvalue weighted by molar-refractivity contribution is -0.0958. The number of hydrogen-bond donors (Lipinski definition) is 1. The molecule has 0 saturated heterocycles. The summed E-state index contributed by atoms with van der Waals surface area (Å²) in [5.74, 6) is 0.839. The topological polar surface area (TPSA) is 51.6 Å². The summed E-state index contributed by atoms with van der Waals surface area (Å²) in [5, 5.41) is 10.3. The summed E-state index contributed by atoms with van der Waals surface area (Å²) in [6, 6.07) is 0. The number of methoxy groups -OCH3 is 1. The van der Waals surface area contributed by atoms with E-state index in [1.165, 1.54) is 0 Å². The zero-order chi connectivity index (χ0) is 14.6. The van der Waals surface area contributed by atoms with E-state index in [0.717, 1.165) is 22.6 Å². The normalized spacial score (nSPS) is 13.4. The monoisotopic (exact) mass is 267 g/mol. The SMILES string of the molecule is CCOC(C)(C)C(O)Cc1ncc(C)c(OC)c1C. The van der Waals surface area contributed by atoms with Gasteiger partial charge in [0.25, 0.3) is 0 Å². The van der Waals surface area contributed by atoms with E-state index in [9.17, 15) is 5.11 Å². The number of aromatic nitrogens is 1. The molecule has 4 nitrogen and oxygen atoms in total. The molecular formula is C15H25NO3. The molecule has 108 valence electrons. The van der Waals surface area contributed by atoms with Crippen molar-refractivity contribution in [3.05, 3.63) is 23.0 Å². The van der Waals surface area contributed by atoms with Gasteiger partial charge >= 0.3 is 0 Å². The molecule has 0 amide bonds. The highest BCUT2D eigenvalue weighted by molar-refractivity contribution is 5.41. The van der Waals surface area contributed by atoms with Gasteiger partial charge in [0.15, 0.2) is 0 Å². The molecule has 0 saturated carbocycles. The molecule has 1 unspecified atom stereocenters. The summed E-state index contributed by atoms with van der Waals surface area (Å²) in [6.45, 7) is 10.2. The molecule has 0 aliphatic rings. The van der Waals surface area contributed by atoms with Gasteiger partial charge in [0, 0.05) is 36.0 Å². The molecule has 1 N–H and O–H groups in total. The molecule has 4 heteroatoms. The smallest absolute Gasteiger partial charge is 0.128 e. The fraction of sp³-hybridized carbons (Fsp3) is 0.667. The van der Waals surface area contributed by atoms with Crippen LogP contribution >= 0.6 is 0 Å². The summed E-state index contributed by atoms with van der Waals surface area (Å²) in [4.78, 5) is 4.40. The minimum atomic E-state index is -0.605. The minimum absolute atomic E-state index is 0.454. The first kappa shape index (κ1) is 15.9. The molecule has 0 spiro atoms. The number of rotatable bonds is 6. The molecule has 1 aromatic heterocycles. The van der Waals surface area contributed by atoms with Gasteiger partial charge in [-0.05, 0) is 34.6 Å². The quantitative estimate of drug-likeness (QED) is 0.860. The van der Waals surface area contributed by atoms with E-state index in [0.29, 0.717) is 13.0 Å². The van der Waals surface area contributed by atoms with Gasteiger partial charge in [0.05, 0.1) is 18.8 Å². The Hall–Kier alpha value is -1.13. The van der Waals surface area contributed by atoms with Crippen molar-refractivity contribution in [2.75, 3.05) is 13.7 Å². The average Bonchev–Trinajstić information content (AvgIpc) is 2.33. The number of nitrogens with zero attached hydrogens (tertiary/aromatic N) is 1. The van der Waals surface area contributed by atoms with E-state index in [2.05, 4.69) is 4.98 Å². The Morgan fingerprint density at radius 2 is 2.00 bits per heavy atom. The lowest BCUT2D eigenvalue weighted by atomic mass is 9.95. The lowest BCUT2D eigenvalue weighted by Gasteiger charge is -2.30. The van der Waals surface area contributed by atoms with Gasteiger partial charge in [-0.15, -0.1) is 0 Å². The average molecular weight is 267 g/mol. The molecule has 1 atom stereocenters. The van der Waals surface area contributed by atoms with Gasteiger partial charge in [-0.25, -0.2) is 0 Å². The largest absolute Gasteiger partial charge is 0.496 e. The van der Waals surface area contributed by atoms with Crippen molar-refractivity contribution in [3.63, 3.8) is 0 Å². The first-order chi connectivity index (χ1) is 8.83. The van der Waals surface area contributed by atoms with E-state index in [-0.39, 0.29) is 0 Å². The maximum atomic E-state index is 10.3. The Morgan fingerprint density at radius 3 is 2.53 bits per heavy atom. The Bertz CT molecular complexity index is 430. The van der Waals surface area contributed by atoms with Crippen molar-refractivity contribution in [1.29, 1.82) is 0 Å². The second kappa shape index (κ2) is 6.35. The van der Waals surface area contributed by atoms with Crippen molar-refractivity contribution >= 4 is 0 Å². The number of pyridine rings is 1. The molecule has 19 heavy (non-hydrogen) atoms. The molecule has 1 aromatic rings. The highest BCUT2D eigenvalue weighted by Gasteiger charge is 2.29. The molecule has 0 radical (unpaired) electrons. The van der Waals surface area contributed by atoms with Crippen molar-refractivity contribution in [1.82, 2.24) is 4.98 Å². The summed E-state index contributed by atoms with van der Waals surface area (Å²) >= 11 is 0. The first-order valence-electron chi connectivity index (χ1n) is 6.64. The molecule has 0 bridgehead atoms. The van der Waals surface area contributed by atoms with Crippen molar-refractivity contribution in [3.8, 4) is 5.75 Å². The Balaban J connectivity index is 2.94. The second-order valence-corrected chi connectivity index (χ2v) is 5.30. The number of hydrogen-bond acceptors (Lipinski definition) is 4. The van der Waals surface area contributed by atoms with E-state index >= 15 is 0 Å². The number of ether oxygens (including phenoxy) is 2. The van der Waals surface area contributed by atoms with Crippen LogP contribution in [-0.4, -0.2) is 35.5 Å². The van der Waals surface area contributed by atoms with Gasteiger partial charge < -0.3 is 14.6 Å². The highest BCUT2D eigenvalue weighted by atomic mass is 16.5. The summed E-state index contributed by atoms with van der Waals surface area (Å²) in [7, 11) is 1.65. The third-order valence-corrected chi connectivity index (χ3v) is 3.46. The van der Waals surface area contributed by atoms with Crippen LogP contribution in [0.15, 0.2) is 6.20 Å². The third-order valence-electron chi connectivity index (χ3n) is 3.46. The van der Waals surface area contributed by atoms with Crippen molar-refractivity contribution in [2.24, 2.45) is 0 Å². The molecule has 0 aliphatic heterocycles. The van der Waals surface area contributed by atoms with Gasteiger partial charge in [0.2, 0.25) is 0 Å². The van der Waals surface area contributed by atoms with Crippen LogP contribution in [0.25, 0.3) is 0 Å². The molecular weight excluding hydrogens is 242 g/mol. The number of aryl methyl sites for hydroxylation is 1. The van der Waals surface area contributed by atoms with Gasteiger partial charge in [-0.1, -0.05) is 0 Å². The van der Waals surface area contributed by atoms with E-state index in [1.807, 2.05) is 34.6 Å². The van der Waals surface area contributed by atoms with Crippen LogP contribution < -0.4 is 4.74 Å². The zero-order valence-corrected chi connectivity index (χ0v) is 12.8. The van der Waals surface area contributed by atoms with Crippen molar-refractivity contribution < 1.29 is 14.6 Å². The Kier molecular flexibility index (Phi) is 5.32. The van der Waals surface area contributed by atoms with Gasteiger partial charge in [0.1, 0.15) is 5.75 Å². The molecule has 1 rings (SSSR count). The fourth-order valence-corrected chi connectivity index (χ4v) is 2.17. The minimum Gasteiger partial charge on any atom is -0.496 e. The van der Waals surface area contributed by atoms with E-state index in [4.69, 9.17) is 9.47 Å². The van der Waals surface area contributed by atoms with Crippen LogP contribution in [0.5, 0.6) is 5.75 Å². The van der Waals surface area contributed by atoms with Crippen LogP contribution in [0.1, 0.15) is 37.6 Å². The second-order valence-electron chi connectivity index (χ2n) is 5.30. The first-order valence-corrected chi connectivity index (χ1v) is 6.64. The van der Waals surface area contributed by atoms with Gasteiger partial charge in [-0.3, -0.25) is 4.98 Å². The van der Waals surface area contributed by atoms with E-state index in [1.54, 1.807) is 13.3 Å². The Morgan fingerprint density at radius 1 is 1.37 bits per heavy atom. The lowest BCUT2D eigenvalue weighted by Crippen LogP contribution is -2.40. The third kappa shape index (κ3) is 3.67. The van der Waals surface area contributed by atoms with Crippen LogP contribution in [0.4, 0.5) is 0 Å². The van der Waals surface area contributed by atoms with Crippen LogP contribution in [0, 0.1) is 13.8 Å². The Labute approximate surface area is 115 Å². The van der Waals surface area contributed by atoms with Crippen LogP contribution in [-0.2, 0) is 11.2 Å². The standard InChI is InChI=1S/C15H25NO3/c1-7-19-15(4,5)13(17)8-12-11(3)14(18-6)10(2)9-16-12/h9,13,17H,7-8H2,1-6H3. The van der Waals surface area contributed by atoms with Gasteiger partial charge in [-0.2, -0.15) is 0 Å². The number of aliphatic hydroxyl groups is 1. The zero-order valence-electron chi connectivity index (χ0n) is 12.8. The van der Waals surface area contributed by atoms with Crippen molar-refractivity contribution in [2.45, 2.75) is 52.7 Å². The highest BCUT2D eigenvalue weighted by Crippen LogP contribution is 2.26. The predicted molar refractivity (Wildman–Crippen MR) is 75.7 cm³/mol. The maximum absolute atomic E-state index is 10.3. The molecule has 0 fully saturated rings. The fourth-order valence-electron chi connectivity index (χ4n) is 2.17. The number of aliphatic hydroxyl groups excluding tert-OH is 1. The van der Waals surface area contributed by atoms with Crippen LogP contribution in [0.3, 0.4) is 0 Å². The maximum Gasteiger partial charge on any atom is 0.128 e. The predicted octanol–water partition coefficient (Wildman–Crippen LogP) is 2.43. The molecule has 0 aromatic carbocycles. The molecule has 0 aliphatic carbocycles. The molecule has 1 heterocycles.